The summed E-state index contributed by atoms with van der Waals surface area (Å²) < 4.78 is 80.9. The number of alkyl halides is 6. The highest BCUT2D eigenvalue weighted by molar-refractivity contribution is 5.81. The molecule has 10 heteroatoms. The zero-order chi connectivity index (χ0) is 22.5. The number of hydrogen-bond acceptors (Lipinski definition) is 2. The molecule has 2 N–H and O–H groups in total. The van der Waals surface area contributed by atoms with Crippen LogP contribution in [0.25, 0.3) is 0 Å². The predicted molar refractivity (Wildman–Crippen MR) is 99.9 cm³/mol. The van der Waals surface area contributed by atoms with Crippen molar-refractivity contribution in [1.82, 2.24) is 4.57 Å². The second-order valence-electron chi connectivity index (χ2n) is 7.44. The summed E-state index contributed by atoms with van der Waals surface area (Å²) in [5, 5.41) is 0. The number of rotatable bonds is 4. The van der Waals surface area contributed by atoms with Gasteiger partial charge in [-0.25, -0.2) is 4.99 Å². The number of aromatic nitrogens is 1. The largest absolute Gasteiger partial charge is 0.416 e. The van der Waals surface area contributed by atoms with Gasteiger partial charge in [0.15, 0.2) is 0 Å². The van der Waals surface area contributed by atoms with E-state index in [9.17, 15) is 31.1 Å². The van der Waals surface area contributed by atoms with Gasteiger partial charge in [0.25, 0.3) is 5.56 Å². The van der Waals surface area contributed by atoms with E-state index in [4.69, 9.17) is 5.73 Å². The monoisotopic (exact) mass is 431 g/mol. The van der Waals surface area contributed by atoms with Crippen LogP contribution in [0.1, 0.15) is 42.0 Å². The molecule has 0 unspecified atom stereocenters. The normalized spacial score (nSPS) is 16.6. The van der Waals surface area contributed by atoms with Gasteiger partial charge >= 0.3 is 12.4 Å². The molecule has 1 aromatic carbocycles. The topological polar surface area (TPSA) is 60.4 Å². The summed E-state index contributed by atoms with van der Waals surface area (Å²) >= 11 is 0. The third kappa shape index (κ3) is 3.95. The predicted octanol–water partition coefficient (Wildman–Crippen LogP) is 4.83. The highest BCUT2D eigenvalue weighted by atomic mass is 19.4. The van der Waals surface area contributed by atoms with Crippen LogP contribution in [-0.2, 0) is 18.1 Å². The minimum Gasteiger partial charge on any atom is -0.387 e. The Kier molecular flexibility index (Phi) is 5.24. The number of pyridine rings is 1. The summed E-state index contributed by atoms with van der Waals surface area (Å²) in [6.07, 6.45) is -8.77. The third-order valence-electron chi connectivity index (χ3n) is 5.25. The van der Waals surface area contributed by atoms with Gasteiger partial charge in [-0.2, -0.15) is 26.3 Å². The average molecular weight is 431 g/mol. The number of amidine groups is 1. The summed E-state index contributed by atoms with van der Waals surface area (Å²) in [5.41, 5.74) is 1.98. The molecule has 30 heavy (non-hydrogen) atoms. The Morgan fingerprint density at radius 1 is 1.17 bits per heavy atom. The van der Waals surface area contributed by atoms with Gasteiger partial charge in [0.2, 0.25) is 0 Å². The molecule has 1 fully saturated rings. The maximum Gasteiger partial charge on any atom is 0.416 e. The van der Waals surface area contributed by atoms with Crippen LogP contribution in [0.15, 0.2) is 40.2 Å². The van der Waals surface area contributed by atoms with E-state index >= 15 is 0 Å². The number of nitrogens with zero attached hydrogens (tertiary/aromatic N) is 2. The van der Waals surface area contributed by atoms with Gasteiger partial charge in [-0.15, -0.1) is 0 Å². The fourth-order valence-electron chi connectivity index (χ4n) is 3.50. The first kappa shape index (κ1) is 21.9. The molecule has 2 aromatic rings. The van der Waals surface area contributed by atoms with Crippen molar-refractivity contribution in [2.45, 2.75) is 51.0 Å². The molecule has 0 aliphatic heterocycles. The van der Waals surface area contributed by atoms with E-state index < -0.39 is 29.0 Å². The molecule has 0 saturated heterocycles. The second kappa shape index (κ2) is 7.17. The van der Waals surface area contributed by atoms with Crippen LogP contribution in [-0.4, -0.2) is 16.6 Å². The first-order valence-electron chi connectivity index (χ1n) is 9.05. The molecule has 0 amide bonds. The summed E-state index contributed by atoms with van der Waals surface area (Å²) in [7, 11) is 0. The van der Waals surface area contributed by atoms with Crippen molar-refractivity contribution in [3.63, 3.8) is 0 Å². The Morgan fingerprint density at radius 2 is 1.80 bits per heavy atom. The fraction of sp³-hybridized carbons (Fsp3) is 0.400. The highest BCUT2D eigenvalue weighted by Crippen LogP contribution is 2.54. The van der Waals surface area contributed by atoms with Gasteiger partial charge in [0.1, 0.15) is 5.54 Å². The molecular formula is C20H19F6N3O. The standard InChI is InChI=1S/C20H19F6N3O/c1-11-13(4-3-5-15(11)19(21,22)23)8-14-10-29(18(6-7-18)20(24,25)26)17(30)9-16(14)28-12(2)27/h3-5,9-10H,6-8H2,1-2H3,(H2,27,28). The Morgan fingerprint density at radius 3 is 2.30 bits per heavy atom. The first-order chi connectivity index (χ1) is 13.8. The number of hydrogen-bond donors (Lipinski definition) is 1. The Balaban J connectivity index is 2.16. The summed E-state index contributed by atoms with van der Waals surface area (Å²) in [6.45, 7) is 2.73. The van der Waals surface area contributed by atoms with Crippen molar-refractivity contribution in [3.05, 3.63) is 63.1 Å². The van der Waals surface area contributed by atoms with E-state index in [1.54, 1.807) is 0 Å². The lowest BCUT2D eigenvalue weighted by Crippen LogP contribution is -2.41. The van der Waals surface area contributed by atoms with Gasteiger partial charge in [0.05, 0.1) is 17.1 Å². The summed E-state index contributed by atoms with van der Waals surface area (Å²) in [6, 6.07) is 4.57. The van der Waals surface area contributed by atoms with Gasteiger partial charge in [0, 0.05) is 18.7 Å². The van der Waals surface area contributed by atoms with E-state index in [0.29, 0.717) is 4.57 Å². The van der Waals surface area contributed by atoms with Gasteiger partial charge in [-0.3, -0.25) is 9.36 Å². The molecule has 3 rings (SSSR count). The maximum atomic E-state index is 13.5. The molecule has 0 bridgehead atoms. The third-order valence-corrected chi connectivity index (χ3v) is 5.25. The van der Waals surface area contributed by atoms with E-state index in [0.717, 1.165) is 18.3 Å². The Labute approximate surface area is 168 Å². The highest BCUT2D eigenvalue weighted by Gasteiger charge is 2.65. The van der Waals surface area contributed by atoms with Gasteiger partial charge < -0.3 is 5.73 Å². The van der Waals surface area contributed by atoms with E-state index in [2.05, 4.69) is 4.99 Å². The average Bonchev–Trinajstić information content (AvgIpc) is 3.38. The van der Waals surface area contributed by atoms with Crippen molar-refractivity contribution in [3.8, 4) is 0 Å². The molecule has 1 saturated carbocycles. The zero-order valence-electron chi connectivity index (χ0n) is 16.2. The lowest BCUT2D eigenvalue weighted by molar-refractivity contribution is -0.180. The molecule has 1 aliphatic rings. The van der Waals surface area contributed by atoms with Crippen LogP contribution in [0.5, 0.6) is 0 Å². The van der Waals surface area contributed by atoms with Crippen LogP contribution in [0.4, 0.5) is 32.0 Å². The van der Waals surface area contributed by atoms with Gasteiger partial charge in [-0.05, 0) is 49.4 Å². The Bertz CT molecular complexity index is 1060. The zero-order valence-corrected chi connectivity index (χ0v) is 16.2. The van der Waals surface area contributed by atoms with E-state index in [1.165, 1.54) is 26.0 Å². The summed E-state index contributed by atoms with van der Waals surface area (Å²) in [5.74, 6) is 0.0612. The smallest absolute Gasteiger partial charge is 0.387 e. The molecule has 162 valence electrons. The quantitative estimate of drug-likeness (QED) is 0.428. The van der Waals surface area contributed by atoms with Crippen molar-refractivity contribution in [2.75, 3.05) is 0 Å². The molecule has 1 aromatic heterocycles. The number of halogens is 6. The molecule has 4 nitrogen and oxygen atoms in total. The number of benzene rings is 1. The van der Waals surface area contributed by atoms with Crippen molar-refractivity contribution in [2.24, 2.45) is 10.7 Å². The minimum atomic E-state index is -4.63. The second-order valence-corrected chi connectivity index (χ2v) is 7.44. The van der Waals surface area contributed by atoms with E-state index in [-0.39, 0.29) is 47.5 Å². The van der Waals surface area contributed by atoms with Crippen LogP contribution < -0.4 is 11.3 Å². The number of nitrogens with two attached hydrogens (primary N) is 1. The number of aliphatic imine (C=N–C) groups is 1. The fourth-order valence-corrected chi connectivity index (χ4v) is 3.50. The molecule has 0 spiro atoms. The van der Waals surface area contributed by atoms with Crippen molar-refractivity contribution < 1.29 is 26.3 Å². The maximum absolute atomic E-state index is 13.5. The SMILES string of the molecule is CC(N)=Nc1cc(=O)n(C2(C(F)(F)F)CC2)cc1Cc1cccc(C(F)(F)F)c1C. The van der Waals surface area contributed by atoms with Gasteiger partial charge in [-0.1, -0.05) is 12.1 Å². The van der Waals surface area contributed by atoms with E-state index in [1.807, 2.05) is 0 Å². The minimum absolute atomic E-state index is 0.0334. The lowest BCUT2D eigenvalue weighted by atomic mass is 9.96. The van der Waals surface area contributed by atoms with Crippen molar-refractivity contribution >= 4 is 11.5 Å². The molecule has 1 heterocycles. The molecule has 0 atom stereocenters. The van der Waals surface area contributed by atoms with Crippen LogP contribution in [0.3, 0.4) is 0 Å². The molecular weight excluding hydrogens is 412 g/mol. The Hall–Kier alpha value is -2.78. The first-order valence-corrected chi connectivity index (χ1v) is 9.05. The van der Waals surface area contributed by atoms with Crippen LogP contribution in [0, 0.1) is 6.92 Å². The summed E-state index contributed by atoms with van der Waals surface area (Å²) in [4.78, 5) is 16.4. The van der Waals surface area contributed by atoms with Crippen LogP contribution >= 0.6 is 0 Å². The van der Waals surface area contributed by atoms with Crippen molar-refractivity contribution in [1.29, 1.82) is 0 Å². The van der Waals surface area contributed by atoms with Crippen LogP contribution in [0.2, 0.25) is 0 Å². The molecule has 1 aliphatic carbocycles. The lowest BCUT2D eigenvalue weighted by Gasteiger charge is -2.23. The molecule has 0 radical (unpaired) electrons.